The maximum atomic E-state index is 12.6. The fourth-order valence-electron chi connectivity index (χ4n) is 2.21. The van der Waals surface area contributed by atoms with E-state index in [9.17, 15) is 13.2 Å². The lowest BCUT2D eigenvalue weighted by atomic mass is 10.2. The molecule has 3 rings (SSSR count). The third-order valence-corrected chi connectivity index (χ3v) is 5.36. The van der Waals surface area contributed by atoms with Crippen LogP contribution >= 0.6 is 11.6 Å². The minimum atomic E-state index is -3.81. The van der Waals surface area contributed by atoms with E-state index in [-0.39, 0.29) is 16.8 Å². The van der Waals surface area contributed by atoms with E-state index in [1.54, 1.807) is 37.3 Å². The Morgan fingerprint density at radius 3 is 2.62 bits per heavy atom. The van der Waals surface area contributed by atoms with E-state index in [2.05, 4.69) is 10.0 Å². The lowest BCUT2D eigenvalue weighted by Crippen LogP contribution is -2.25. The number of sulfonamides is 1. The van der Waals surface area contributed by atoms with Gasteiger partial charge in [-0.2, -0.15) is 0 Å². The zero-order chi connectivity index (χ0) is 17.3. The third kappa shape index (κ3) is 3.88. The van der Waals surface area contributed by atoms with Crippen LogP contribution in [0.3, 0.4) is 0 Å². The molecule has 2 N–H and O–H groups in total. The van der Waals surface area contributed by atoms with Crippen LogP contribution < -0.4 is 10.0 Å². The first-order valence-corrected chi connectivity index (χ1v) is 9.41. The number of anilines is 1. The molecule has 0 heterocycles. The Kier molecular flexibility index (Phi) is 4.51. The molecule has 0 aromatic heterocycles. The molecule has 7 heteroatoms. The number of rotatable bonds is 5. The van der Waals surface area contributed by atoms with Gasteiger partial charge in [-0.3, -0.25) is 9.52 Å². The summed E-state index contributed by atoms with van der Waals surface area (Å²) in [6, 6.07) is 11.2. The maximum absolute atomic E-state index is 12.6. The standard InChI is InChI=1S/C17H17ClN2O3S/c1-11-5-6-13(18)10-16(11)20-24(22,23)15-4-2-3-12(9-15)17(21)19-14-7-8-14/h2-6,9-10,14,20H,7-8H2,1H3,(H,19,21). The van der Waals surface area contributed by atoms with Crippen molar-refractivity contribution in [2.45, 2.75) is 30.7 Å². The Balaban J connectivity index is 1.86. The number of hydrogen-bond acceptors (Lipinski definition) is 3. The second-order valence-corrected chi connectivity index (χ2v) is 7.96. The van der Waals surface area contributed by atoms with Crippen molar-refractivity contribution < 1.29 is 13.2 Å². The lowest BCUT2D eigenvalue weighted by molar-refractivity contribution is 0.0951. The summed E-state index contributed by atoms with van der Waals surface area (Å²) in [5.74, 6) is -0.256. The summed E-state index contributed by atoms with van der Waals surface area (Å²) in [6.07, 6.45) is 1.94. The number of nitrogens with one attached hydrogen (secondary N) is 2. The van der Waals surface area contributed by atoms with Gasteiger partial charge < -0.3 is 5.32 Å². The Hall–Kier alpha value is -2.05. The summed E-state index contributed by atoms with van der Waals surface area (Å²) in [6.45, 7) is 1.79. The molecular formula is C17H17ClN2O3S. The molecule has 1 saturated carbocycles. The maximum Gasteiger partial charge on any atom is 0.261 e. The van der Waals surface area contributed by atoms with Crippen LogP contribution in [-0.2, 0) is 10.0 Å². The summed E-state index contributed by atoms with van der Waals surface area (Å²) in [5.41, 5.74) is 1.49. The topological polar surface area (TPSA) is 75.3 Å². The van der Waals surface area contributed by atoms with Crippen LogP contribution in [0, 0.1) is 6.92 Å². The first-order chi connectivity index (χ1) is 11.3. The van der Waals surface area contributed by atoms with E-state index in [1.807, 2.05) is 0 Å². The van der Waals surface area contributed by atoms with Crippen molar-refractivity contribution in [3.05, 3.63) is 58.6 Å². The second kappa shape index (κ2) is 6.45. The molecule has 0 saturated heterocycles. The van der Waals surface area contributed by atoms with Crippen LogP contribution in [0.15, 0.2) is 47.4 Å². The van der Waals surface area contributed by atoms with E-state index in [0.717, 1.165) is 18.4 Å². The number of hydrogen-bond donors (Lipinski definition) is 2. The molecule has 0 spiro atoms. The first-order valence-electron chi connectivity index (χ1n) is 7.55. The number of amides is 1. The van der Waals surface area contributed by atoms with Gasteiger partial charge in [0.05, 0.1) is 10.6 Å². The molecule has 0 radical (unpaired) electrons. The van der Waals surface area contributed by atoms with Crippen LogP contribution in [0.4, 0.5) is 5.69 Å². The molecule has 1 aliphatic carbocycles. The van der Waals surface area contributed by atoms with Crippen molar-refractivity contribution in [2.75, 3.05) is 4.72 Å². The van der Waals surface area contributed by atoms with Crippen molar-refractivity contribution in [3.63, 3.8) is 0 Å². The molecule has 126 valence electrons. The van der Waals surface area contributed by atoms with Crippen molar-refractivity contribution in [1.29, 1.82) is 0 Å². The van der Waals surface area contributed by atoms with Gasteiger partial charge in [-0.25, -0.2) is 8.42 Å². The number of carbonyl (C=O) groups excluding carboxylic acids is 1. The van der Waals surface area contributed by atoms with Gasteiger partial charge in [0.2, 0.25) is 0 Å². The van der Waals surface area contributed by atoms with Gasteiger partial charge in [0, 0.05) is 16.6 Å². The van der Waals surface area contributed by atoms with E-state index in [1.165, 1.54) is 12.1 Å². The van der Waals surface area contributed by atoms with E-state index in [0.29, 0.717) is 16.3 Å². The molecule has 1 fully saturated rings. The first kappa shape index (κ1) is 16.8. The molecule has 24 heavy (non-hydrogen) atoms. The van der Waals surface area contributed by atoms with Crippen molar-refractivity contribution in [3.8, 4) is 0 Å². The number of carbonyl (C=O) groups is 1. The van der Waals surface area contributed by atoms with E-state index < -0.39 is 10.0 Å². The van der Waals surface area contributed by atoms with Crippen molar-refractivity contribution in [2.24, 2.45) is 0 Å². The average Bonchev–Trinajstić information content (AvgIpc) is 3.35. The van der Waals surface area contributed by atoms with Gasteiger partial charge in [0.25, 0.3) is 15.9 Å². The zero-order valence-corrected chi connectivity index (χ0v) is 14.6. The highest BCUT2D eigenvalue weighted by molar-refractivity contribution is 7.92. The van der Waals surface area contributed by atoms with E-state index >= 15 is 0 Å². The summed E-state index contributed by atoms with van der Waals surface area (Å²) < 4.78 is 27.7. The van der Waals surface area contributed by atoms with E-state index in [4.69, 9.17) is 11.6 Å². The second-order valence-electron chi connectivity index (χ2n) is 5.84. The molecule has 1 aliphatic rings. The summed E-state index contributed by atoms with van der Waals surface area (Å²) in [5, 5.41) is 3.28. The summed E-state index contributed by atoms with van der Waals surface area (Å²) in [7, 11) is -3.81. The largest absolute Gasteiger partial charge is 0.349 e. The van der Waals surface area contributed by atoms with Crippen LogP contribution in [0.1, 0.15) is 28.8 Å². The molecule has 0 unspecified atom stereocenters. The van der Waals surface area contributed by atoms with Crippen LogP contribution in [-0.4, -0.2) is 20.4 Å². The SMILES string of the molecule is Cc1ccc(Cl)cc1NS(=O)(=O)c1cccc(C(=O)NC2CC2)c1. The Bertz CT molecular complexity index is 892. The fraction of sp³-hybridized carbons (Fsp3) is 0.235. The smallest absolute Gasteiger partial charge is 0.261 e. The molecule has 5 nitrogen and oxygen atoms in total. The molecule has 0 atom stereocenters. The summed E-state index contributed by atoms with van der Waals surface area (Å²) >= 11 is 5.93. The predicted octanol–water partition coefficient (Wildman–Crippen LogP) is 3.34. The van der Waals surface area contributed by atoms with Gasteiger partial charge in [0.1, 0.15) is 0 Å². The highest BCUT2D eigenvalue weighted by atomic mass is 35.5. The Morgan fingerprint density at radius 2 is 1.92 bits per heavy atom. The van der Waals surface area contributed by atoms with Gasteiger partial charge in [-0.05, 0) is 55.7 Å². The number of aryl methyl sites for hydroxylation is 1. The number of benzene rings is 2. The summed E-state index contributed by atoms with van der Waals surface area (Å²) in [4.78, 5) is 12.1. The minimum Gasteiger partial charge on any atom is -0.349 e. The monoisotopic (exact) mass is 364 g/mol. The highest BCUT2D eigenvalue weighted by Crippen LogP contribution is 2.24. The van der Waals surface area contributed by atoms with Crippen LogP contribution in [0.2, 0.25) is 5.02 Å². The van der Waals surface area contributed by atoms with Gasteiger partial charge in [-0.15, -0.1) is 0 Å². The molecule has 2 aromatic carbocycles. The van der Waals surface area contributed by atoms with Gasteiger partial charge >= 0.3 is 0 Å². The normalized spacial score (nSPS) is 14.2. The minimum absolute atomic E-state index is 0.0327. The third-order valence-electron chi connectivity index (χ3n) is 3.76. The van der Waals surface area contributed by atoms with Crippen molar-refractivity contribution in [1.82, 2.24) is 5.32 Å². The van der Waals surface area contributed by atoms with Crippen LogP contribution in [0.5, 0.6) is 0 Å². The molecule has 0 aliphatic heterocycles. The number of halogens is 1. The molecule has 1 amide bonds. The van der Waals surface area contributed by atoms with Crippen molar-refractivity contribution >= 4 is 33.2 Å². The molecule has 0 bridgehead atoms. The lowest BCUT2D eigenvalue weighted by Gasteiger charge is -2.12. The predicted molar refractivity (Wildman–Crippen MR) is 93.9 cm³/mol. The molecule has 2 aromatic rings. The average molecular weight is 365 g/mol. The molecular weight excluding hydrogens is 348 g/mol. The van der Waals surface area contributed by atoms with Crippen LogP contribution in [0.25, 0.3) is 0 Å². The quantitative estimate of drug-likeness (QED) is 0.854. The Labute approximate surface area is 146 Å². The van der Waals surface area contributed by atoms with Gasteiger partial charge in [0.15, 0.2) is 0 Å². The highest BCUT2D eigenvalue weighted by Gasteiger charge is 2.24. The van der Waals surface area contributed by atoms with Gasteiger partial charge in [-0.1, -0.05) is 23.7 Å². The zero-order valence-electron chi connectivity index (χ0n) is 13.0. The Morgan fingerprint density at radius 1 is 1.17 bits per heavy atom. The fourth-order valence-corrected chi connectivity index (χ4v) is 3.55.